The van der Waals surface area contributed by atoms with Gasteiger partial charge in [0.1, 0.15) is 12.3 Å². The van der Waals surface area contributed by atoms with Crippen molar-refractivity contribution in [1.82, 2.24) is 14.9 Å². The Morgan fingerprint density at radius 1 is 1.00 bits per heavy atom. The summed E-state index contributed by atoms with van der Waals surface area (Å²) < 4.78 is 33.0. The highest BCUT2D eigenvalue weighted by molar-refractivity contribution is 7.92. The van der Waals surface area contributed by atoms with Gasteiger partial charge in [0.2, 0.25) is 5.91 Å². The number of rotatable bonds is 8. The number of sulfonamides is 1. The van der Waals surface area contributed by atoms with E-state index in [0.29, 0.717) is 5.75 Å². The maximum atomic E-state index is 13.5. The molecule has 0 unspecified atom stereocenters. The van der Waals surface area contributed by atoms with Crippen LogP contribution in [0, 0.1) is 6.92 Å². The van der Waals surface area contributed by atoms with Crippen molar-refractivity contribution in [1.29, 1.82) is 0 Å². The number of amides is 1. The first kappa shape index (κ1) is 23.8. The van der Waals surface area contributed by atoms with Gasteiger partial charge in [-0.1, -0.05) is 30.3 Å². The fraction of sp³-hybridized carbons (Fsp3) is 0.227. The quantitative estimate of drug-likeness (QED) is 0.507. The van der Waals surface area contributed by atoms with Crippen molar-refractivity contribution in [3.63, 3.8) is 0 Å². The summed E-state index contributed by atoms with van der Waals surface area (Å²) in [5, 5.41) is 0. The molecule has 0 fully saturated rings. The summed E-state index contributed by atoms with van der Waals surface area (Å²) in [6.07, 6.45) is 0. The van der Waals surface area contributed by atoms with Crippen molar-refractivity contribution in [2.45, 2.75) is 18.4 Å². The number of benzene rings is 2. The molecule has 1 aromatic heterocycles. The number of carbonyl (C=O) groups excluding carboxylic acids is 1. The molecule has 2 aromatic carbocycles. The van der Waals surface area contributed by atoms with Crippen LogP contribution in [0.3, 0.4) is 0 Å². The lowest BCUT2D eigenvalue weighted by molar-refractivity contribution is -0.128. The fourth-order valence-corrected chi connectivity index (χ4v) is 4.89. The van der Waals surface area contributed by atoms with E-state index in [1.54, 1.807) is 19.2 Å². The minimum atomic E-state index is -4.52. The normalized spacial score (nSPS) is 11.1. The van der Waals surface area contributed by atoms with Gasteiger partial charge in [-0.15, -0.1) is 0 Å². The maximum Gasteiger partial charge on any atom is 0.325 e. The van der Waals surface area contributed by atoms with Crippen molar-refractivity contribution in [2.24, 2.45) is 0 Å². The lowest BCUT2D eigenvalue weighted by Crippen LogP contribution is -2.44. The first-order valence-corrected chi connectivity index (χ1v) is 11.4. The molecule has 1 amide bonds. The SMILES string of the molecule is COc1ccc(N(CC(=O)N(C)Cc2ccccc2)S(=O)(=O)c2c(C)[nH]c(=O)[nH]c2=O)cc1. The summed E-state index contributed by atoms with van der Waals surface area (Å²) in [4.78, 5) is 41.9. The standard InChI is InChI=1S/C22H24N4O6S/c1-15-20(21(28)24-22(29)23-15)33(30,31)26(17-9-11-18(32-3)12-10-17)14-19(27)25(2)13-16-7-5-4-6-8-16/h4-12H,13-14H2,1-3H3,(H2,23,24,28,29). The number of anilines is 1. The van der Waals surface area contributed by atoms with E-state index in [4.69, 9.17) is 4.74 Å². The van der Waals surface area contributed by atoms with E-state index in [9.17, 15) is 22.8 Å². The van der Waals surface area contributed by atoms with Crippen LogP contribution in [0.25, 0.3) is 0 Å². The van der Waals surface area contributed by atoms with Crippen LogP contribution in [-0.4, -0.2) is 49.9 Å². The molecule has 3 rings (SSSR count). The number of aromatic amines is 2. The molecule has 33 heavy (non-hydrogen) atoms. The van der Waals surface area contributed by atoms with Crippen LogP contribution >= 0.6 is 0 Å². The molecule has 0 aliphatic carbocycles. The molecule has 10 nitrogen and oxygen atoms in total. The molecule has 0 aliphatic heterocycles. The highest BCUT2D eigenvalue weighted by Crippen LogP contribution is 2.25. The molecule has 11 heteroatoms. The van der Waals surface area contributed by atoms with Crippen LogP contribution in [0.2, 0.25) is 0 Å². The number of aryl methyl sites for hydroxylation is 1. The van der Waals surface area contributed by atoms with Crippen LogP contribution in [0.1, 0.15) is 11.3 Å². The Hall–Kier alpha value is -3.86. The zero-order valence-corrected chi connectivity index (χ0v) is 19.2. The first-order chi connectivity index (χ1) is 15.6. The molecular formula is C22H24N4O6S. The second-order valence-corrected chi connectivity index (χ2v) is 9.11. The molecule has 2 N–H and O–H groups in total. The molecule has 3 aromatic rings. The Bertz CT molecular complexity index is 1350. The minimum Gasteiger partial charge on any atom is -0.497 e. The molecular weight excluding hydrogens is 448 g/mol. The largest absolute Gasteiger partial charge is 0.497 e. The number of hydrogen-bond acceptors (Lipinski definition) is 6. The summed E-state index contributed by atoms with van der Waals surface area (Å²) in [5.41, 5.74) is -0.999. The molecule has 0 bridgehead atoms. The van der Waals surface area contributed by atoms with Crippen molar-refractivity contribution in [3.8, 4) is 5.75 Å². The average Bonchev–Trinajstić information content (AvgIpc) is 2.77. The third-order valence-electron chi connectivity index (χ3n) is 4.95. The Kier molecular flexibility index (Phi) is 7.02. The molecule has 0 saturated heterocycles. The summed E-state index contributed by atoms with van der Waals surface area (Å²) in [6.45, 7) is 1.02. The highest BCUT2D eigenvalue weighted by atomic mass is 32.2. The zero-order valence-electron chi connectivity index (χ0n) is 18.4. The highest BCUT2D eigenvalue weighted by Gasteiger charge is 2.32. The summed E-state index contributed by atoms with van der Waals surface area (Å²) in [6, 6.07) is 15.3. The Morgan fingerprint density at radius 2 is 1.64 bits per heavy atom. The van der Waals surface area contributed by atoms with Gasteiger partial charge >= 0.3 is 5.69 Å². The third-order valence-corrected chi connectivity index (χ3v) is 6.88. The number of ether oxygens (including phenoxy) is 1. The van der Waals surface area contributed by atoms with E-state index in [0.717, 1.165) is 9.87 Å². The Labute approximate surface area is 190 Å². The zero-order chi connectivity index (χ0) is 24.2. The van der Waals surface area contributed by atoms with Gasteiger partial charge in [0, 0.05) is 19.3 Å². The maximum absolute atomic E-state index is 13.5. The van der Waals surface area contributed by atoms with E-state index in [1.165, 1.54) is 31.1 Å². The van der Waals surface area contributed by atoms with Gasteiger partial charge in [-0.05, 0) is 36.8 Å². The van der Waals surface area contributed by atoms with E-state index in [-0.39, 0.29) is 17.9 Å². The number of H-pyrrole nitrogens is 2. The number of likely N-dealkylation sites (N-methyl/N-ethyl adjacent to an activating group) is 1. The number of aromatic nitrogens is 2. The van der Waals surface area contributed by atoms with Crippen LogP contribution in [0.15, 0.2) is 69.1 Å². The van der Waals surface area contributed by atoms with Gasteiger partial charge in [0.25, 0.3) is 15.6 Å². The monoisotopic (exact) mass is 472 g/mol. The lowest BCUT2D eigenvalue weighted by Gasteiger charge is -2.27. The van der Waals surface area contributed by atoms with Crippen molar-refractivity contribution >= 4 is 21.6 Å². The van der Waals surface area contributed by atoms with E-state index >= 15 is 0 Å². The van der Waals surface area contributed by atoms with E-state index in [2.05, 4.69) is 4.98 Å². The second kappa shape index (κ2) is 9.74. The summed E-state index contributed by atoms with van der Waals surface area (Å²) in [7, 11) is -1.49. The van der Waals surface area contributed by atoms with Crippen molar-refractivity contribution in [3.05, 3.63) is 86.7 Å². The minimum absolute atomic E-state index is 0.132. The second-order valence-electron chi connectivity index (χ2n) is 7.31. The first-order valence-electron chi connectivity index (χ1n) is 9.91. The summed E-state index contributed by atoms with van der Waals surface area (Å²) >= 11 is 0. The molecule has 174 valence electrons. The molecule has 0 spiro atoms. The number of methoxy groups -OCH3 is 1. The predicted molar refractivity (Wildman–Crippen MR) is 123 cm³/mol. The van der Waals surface area contributed by atoms with Gasteiger partial charge in [0.15, 0.2) is 4.90 Å². The molecule has 1 heterocycles. The van der Waals surface area contributed by atoms with Crippen LogP contribution in [0.5, 0.6) is 5.75 Å². The predicted octanol–water partition coefficient (Wildman–Crippen LogP) is 1.23. The summed E-state index contributed by atoms with van der Waals surface area (Å²) in [5.74, 6) is -0.00144. The van der Waals surface area contributed by atoms with Gasteiger partial charge in [0.05, 0.1) is 12.8 Å². The Morgan fingerprint density at radius 3 is 2.21 bits per heavy atom. The number of hydrogen-bond donors (Lipinski definition) is 2. The number of nitrogens with zero attached hydrogens (tertiary/aromatic N) is 2. The van der Waals surface area contributed by atoms with Crippen LogP contribution < -0.4 is 20.3 Å². The van der Waals surface area contributed by atoms with Gasteiger partial charge in [-0.25, -0.2) is 13.2 Å². The molecule has 0 radical (unpaired) electrons. The van der Waals surface area contributed by atoms with E-state index in [1.807, 2.05) is 35.3 Å². The van der Waals surface area contributed by atoms with Gasteiger partial charge in [-0.2, -0.15) is 0 Å². The van der Waals surface area contributed by atoms with E-state index < -0.39 is 38.6 Å². The number of nitrogens with one attached hydrogen (secondary N) is 2. The van der Waals surface area contributed by atoms with Gasteiger partial charge in [-0.3, -0.25) is 18.9 Å². The molecule has 0 aliphatic rings. The van der Waals surface area contributed by atoms with Crippen LogP contribution in [-0.2, 0) is 21.4 Å². The molecule has 0 atom stereocenters. The number of carbonyl (C=O) groups is 1. The smallest absolute Gasteiger partial charge is 0.325 e. The topological polar surface area (TPSA) is 133 Å². The van der Waals surface area contributed by atoms with Crippen molar-refractivity contribution in [2.75, 3.05) is 25.0 Å². The van der Waals surface area contributed by atoms with Crippen molar-refractivity contribution < 1.29 is 17.9 Å². The lowest BCUT2D eigenvalue weighted by atomic mass is 10.2. The fourth-order valence-electron chi connectivity index (χ4n) is 3.26. The third kappa shape index (κ3) is 5.32. The van der Waals surface area contributed by atoms with Crippen LogP contribution in [0.4, 0.5) is 5.69 Å². The average molecular weight is 473 g/mol. The van der Waals surface area contributed by atoms with Gasteiger partial charge < -0.3 is 14.6 Å². The Balaban J connectivity index is 2.02. The molecule has 0 saturated carbocycles.